The minimum absolute atomic E-state index is 0.503. The predicted octanol–water partition coefficient (Wildman–Crippen LogP) is 4.44. The summed E-state index contributed by atoms with van der Waals surface area (Å²) in [6.07, 6.45) is 4.22. The van der Waals surface area contributed by atoms with E-state index in [2.05, 4.69) is 43.7 Å². The molecule has 27 heavy (non-hydrogen) atoms. The van der Waals surface area contributed by atoms with Crippen molar-refractivity contribution in [2.75, 3.05) is 28.6 Å². The lowest BCUT2D eigenvalue weighted by Crippen LogP contribution is -2.17. The number of benzene rings is 2. The fourth-order valence-electron chi connectivity index (χ4n) is 3.18. The monoisotopic (exact) mass is 356 g/mol. The molecule has 0 radical (unpaired) electrons. The van der Waals surface area contributed by atoms with Crippen LogP contribution in [0.3, 0.4) is 0 Å². The van der Waals surface area contributed by atoms with Crippen LogP contribution in [0.25, 0.3) is 0 Å². The van der Waals surface area contributed by atoms with Crippen LogP contribution >= 0.6 is 0 Å². The Hall–Kier alpha value is -3.59. The van der Waals surface area contributed by atoms with Crippen LogP contribution in [0.1, 0.15) is 18.4 Å². The molecule has 1 aromatic heterocycles. The maximum absolute atomic E-state index is 9.21. The number of hydrogen-bond donors (Lipinski definition) is 2. The largest absolute Gasteiger partial charge is 0.372 e. The summed E-state index contributed by atoms with van der Waals surface area (Å²) in [6.45, 7) is 2.27. The average Bonchev–Trinajstić information content (AvgIpc) is 3.24. The molecule has 1 fully saturated rings. The summed E-state index contributed by atoms with van der Waals surface area (Å²) in [4.78, 5) is 11.2. The van der Waals surface area contributed by atoms with Gasteiger partial charge in [0.2, 0.25) is 5.95 Å². The number of nitrogens with one attached hydrogen (secondary N) is 2. The van der Waals surface area contributed by atoms with Crippen LogP contribution < -0.4 is 15.5 Å². The van der Waals surface area contributed by atoms with Gasteiger partial charge in [-0.3, -0.25) is 0 Å². The van der Waals surface area contributed by atoms with E-state index in [9.17, 15) is 5.26 Å². The molecule has 0 bridgehead atoms. The van der Waals surface area contributed by atoms with E-state index in [0.29, 0.717) is 17.3 Å². The number of nitriles is 1. The topological polar surface area (TPSA) is 76.9 Å². The summed E-state index contributed by atoms with van der Waals surface area (Å²) in [5.41, 5.74) is 3.48. The Morgan fingerprint density at radius 2 is 1.70 bits per heavy atom. The van der Waals surface area contributed by atoms with E-state index in [4.69, 9.17) is 0 Å². The molecule has 6 heteroatoms. The molecule has 2 aromatic carbocycles. The summed E-state index contributed by atoms with van der Waals surface area (Å²) in [7, 11) is 0. The molecule has 1 aliphatic heterocycles. The summed E-state index contributed by atoms with van der Waals surface area (Å²) >= 11 is 0. The second kappa shape index (κ2) is 7.75. The van der Waals surface area contributed by atoms with Gasteiger partial charge < -0.3 is 15.5 Å². The number of anilines is 5. The predicted molar refractivity (Wildman–Crippen MR) is 108 cm³/mol. The van der Waals surface area contributed by atoms with Gasteiger partial charge >= 0.3 is 0 Å². The molecule has 134 valence electrons. The zero-order valence-corrected chi connectivity index (χ0v) is 14.9. The fourth-order valence-corrected chi connectivity index (χ4v) is 3.18. The first-order valence-electron chi connectivity index (χ1n) is 9.03. The molecular weight excluding hydrogens is 336 g/mol. The summed E-state index contributed by atoms with van der Waals surface area (Å²) in [5, 5.41) is 15.6. The first kappa shape index (κ1) is 16.9. The van der Waals surface area contributed by atoms with Crippen LogP contribution in [-0.4, -0.2) is 23.1 Å². The van der Waals surface area contributed by atoms with Crippen molar-refractivity contribution in [3.63, 3.8) is 0 Å². The lowest BCUT2D eigenvalue weighted by atomic mass is 10.2. The van der Waals surface area contributed by atoms with E-state index in [1.807, 2.05) is 30.3 Å². The third kappa shape index (κ3) is 3.98. The van der Waals surface area contributed by atoms with Crippen molar-refractivity contribution in [3.8, 4) is 6.07 Å². The van der Waals surface area contributed by atoms with Gasteiger partial charge in [0.05, 0.1) is 11.3 Å². The molecule has 0 aliphatic carbocycles. The van der Waals surface area contributed by atoms with Crippen molar-refractivity contribution in [1.82, 2.24) is 9.97 Å². The molecule has 4 rings (SSSR count). The van der Waals surface area contributed by atoms with E-state index >= 15 is 0 Å². The molecule has 0 spiro atoms. The van der Waals surface area contributed by atoms with Crippen LogP contribution in [0.5, 0.6) is 0 Å². The minimum atomic E-state index is 0.503. The third-order valence-corrected chi connectivity index (χ3v) is 4.56. The Bertz CT molecular complexity index is 955. The average molecular weight is 356 g/mol. The molecule has 3 aromatic rings. The summed E-state index contributed by atoms with van der Waals surface area (Å²) in [6, 6.07) is 19.6. The van der Waals surface area contributed by atoms with Crippen molar-refractivity contribution in [2.24, 2.45) is 0 Å². The molecule has 1 aliphatic rings. The number of para-hydroxylation sites is 1. The van der Waals surface area contributed by atoms with Gasteiger partial charge in [-0.2, -0.15) is 10.2 Å². The molecule has 6 nitrogen and oxygen atoms in total. The fraction of sp³-hybridized carbons (Fsp3) is 0.190. The summed E-state index contributed by atoms with van der Waals surface area (Å²) in [5.74, 6) is 1.13. The van der Waals surface area contributed by atoms with Crippen LogP contribution in [-0.2, 0) is 0 Å². The smallest absolute Gasteiger partial charge is 0.229 e. The van der Waals surface area contributed by atoms with Crippen LogP contribution in [0.4, 0.5) is 28.8 Å². The van der Waals surface area contributed by atoms with E-state index in [1.165, 1.54) is 18.5 Å². The summed E-state index contributed by atoms with van der Waals surface area (Å²) < 4.78 is 0. The third-order valence-electron chi connectivity index (χ3n) is 4.56. The second-order valence-electron chi connectivity index (χ2n) is 6.41. The Morgan fingerprint density at radius 3 is 2.48 bits per heavy atom. The highest BCUT2D eigenvalue weighted by Gasteiger charge is 2.12. The Kier molecular flexibility index (Phi) is 4.84. The minimum Gasteiger partial charge on any atom is -0.372 e. The Labute approximate surface area is 158 Å². The number of aromatic nitrogens is 2. The quantitative estimate of drug-likeness (QED) is 0.704. The highest BCUT2D eigenvalue weighted by molar-refractivity contribution is 5.65. The first-order valence-corrected chi connectivity index (χ1v) is 9.03. The van der Waals surface area contributed by atoms with Crippen LogP contribution in [0.15, 0.2) is 60.8 Å². The number of hydrogen-bond acceptors (Lipinski definition) is 6. The van der Waals surface area contributed by atoms with Gasteiger partial charge in [0.15, 0.2) is 0 Å². The van der Waals surface area contributed by atoms with Gasteiger partial charge in [0.25, 0.3) is 0 Å². The molecule has 1 saturated heterocycles. The molecule has 0 saturated carbocycles. The van der Waals surface area contributed by atoms with Crippen molar-refractivity contribution in [2.45, 2.75) is 12.8 Å². The van der Waals surface area contributed by atoms with Gasteiger partial charge in [-0.05, 0) is 55.3 Å². The molecule has 2 heterocycles. The van der Waals surface area contributed by atoms with Crippen molar-refractivity contribution in [3.05, 3.63) is 66.4 Å². The van der Waals surface area contributed by atoms with E-state index in [-0.39, 0.29) is 0 Å². The standard InChI is InChI=1S/C21H20N6/c22-15-16-5-1-2-6-19(16)25-20-11-12-23-21(26-20)24-17-7-9-18(10-8-17)27-13-3-4-14-27/h1-2,5-12H,3-4,13-14H2,(H2,23,24,25,26). The highest BCUT2D eigenvalue weighted by atomic mass is 15.2. The zero-order chi connectivity index (χ0) is 18.5. The van der Waals surface area contributed by atoms with Crippen molar-refractivity contribution < 1.29 is 0 Å². The lowest BCUT2D eigenvalue weighted by molar-refractivity contribution is 0.949. The SMILES string of the molecule is N#Cc1ccccc1Nc1ccnc(Nc2ccc(N3CCCC3)cc2)n1. The normalized spacial score (nSPS) is 13.2. The van der Waals surface area contributed by atoms with Crippen molar-refractivity contribution >= 4 is 28.8 Å². The molecule has 0 unspecified atom stereocenters. The molecule has 2 N–H and O–H groups in total. The zero-order valence-electron chi connectivity index (χ0n) is 14.9. The Balaban J connectivity index is 1.47. The maximum atomic E-state index is 9.21. The second-order valence-corrected chi connectivity index (χ2v) is 6.41. The lowest BCUT2D eigenvalue weighted by Gasteiger charge is -2.17. The van der Waals surface area contributed by atoms with E-state index < -0.39 is 0 Å². The number of nitrogens with zero attached hydrogens (tertiary/aromatic N) is 4. The molecule has 0 amide bonds. The molecular formula is C21H20N6. The van der Waals surface area contributed by atoms with Gasteiger partial charge in [0, 0.05) is 30.7 Å². The van der Waals surface area contributed by atoms with Crippen LogP contribution in [0.2, 0.25) is 0 Å². The Morgan fingerprint density at radius 1 is 0.926 bits per heavy atom. The van der Waals surface area contributed by atoms with Gasteiger partial charge in [-0.1, -0.05) is 12.1 Å². The molecule has 0 atom stereocenters. The van der Waals surface area contributed by atoms with Gasteiger partial charge in [0.1, 0.15) is 11.9 Å². The highest BCUT2D eigenvalue weighted by Crippen LogP contribution is 2.24. The van der Waals surface area contributed by atoms with Crippen LogP contribution in [0, 0.1) is 11.3 Å². The van der Waals surface area contributed by atoms with Crippen molar-refractivity contribution in [1.29, 1.82) is 5.26 Å². The maximum Gasteiger partial charge on any atom is 0.229 e. The van der Waals surface area contributed by atoms with E-state index in [1.54, 1.807) is 18.3 Å². The van der Waals surface area contributed by atoms with Gasteiger partial charge in [-0.25, -0.2) is 4.98 Å². The number of rotatable bonds is 5. The van der Waals surface area contributed by atoms with E-state index in [0.717, 1.165) is 24.5 Å². The van der Waals surface area contributed by atoms with Gasteiger partial charge in [-0.15, -0.1) is 0 Å². The first-order chi connectivity index (χ1) is 13.3.